The molecule has 1 amide bonds. The molecule has 2 aromatic carbocycles. The number of halogens is 1. The molecule has 24 heavy (non-hydrogen) atoms. The molecule has 6 heteroatoms. The van der Waals surface area contributed by atoms with E-state index in [1.165, 1.54) is 11.3 Å². The Morgan fingerprint density at radius 2 is 2.04 bits per heavy atom. The Bertz CT molecular complexity index is 973. The molecule has 1 heterocycles. The van der Waals surface area contributed by atoms with Crippen molar-refractivity contribution in [2.24, 2.45) is 12.0 Å². The van der Waals surface area contributed by atoms with Gasteiger partial charge in [-0.05, 0) is 36.4 Å². The van der Waals surface area contributed by atoms with E-state index in [-0.39, 0.29) is 5.91 Å². The lowest BCUT2D eigenvalue weighted by molar-refractivity contribution is 0.0997. The molecule has 1 aromatic heterocycles. The summed E-state index contributed by atoms with van der Waals surface area (Å²) in [6, 6.07) is 13.3. The van der Waals surface area contributed by atoms with Gasteiger partial charge in [-0.1, -0.05) is 42.9 Å². The number of rotatable bonds is 3. The van der Waals surface area contributed by atoms with E-state index in [9.17, 15) is 4.79 Å². The topological polar surface area (TPSA) is 34.4 Å². The van der Waals surface area contributed by atoms with E-state index in [4.69, 9.17) is 11.6 Å². The number of carbonyl (C=O) groups excluding carboxylic acids is 1. The number of fused-ring (bicyclic) bond motifs is 1. The highest BCUT2D eigenvalue weighted by Gasteiger charge is 2.09. The molecule has 124 valence electrons. The smallest absolute Gasteiger partial charge is 0.279 e. The minimum Gasteiger partial charge on any atom is -0.319 e. The first-order valence-corrected chi connectivity index (χ1v) is 9.62. The summed E-state index contributed by atoms with van der Waals surface area (Å²) in [6.07, 6.45) is 0. The first-order valence-electron chi connectivity index (χ1n) is 7.55. The second-order valence-corrected chi connectivity index (χ2v) is 8.76. The van der Waals surface area contributed by atoms with E-state index >= 15 is 0 Å². The van der Waals surface area contributed by atoms with Gasteiger partial charge in [0.05, 0.1) is 10.2 Å². The van der Waals surface area contributed by atoms with Crippen molar-refractivity contribution in [1.29, 1.82) is 0 Å². The van der Waals surface area contributed by atoms with Gasteiger partial charge in [0, 0.05) is 27.8 Å². The van der Waals surface area contributed by atoms with Gasteiger partial charge in [-0.25, -0.2) is 0 Å². The van der Waals surface area contributed by atoms with Gasteiger partial charge >= 0.3 is 0 Å². The SMILES string of the molecule is CC(C)Sc1cccc(C(=O)N=c2sc3cc(Cl)ccc3n2C)c1. The number of hydrogen-bond acceptors (Lipinski definition) is 3. The van der Waals surface area contributed by atoms with Crippen molar-refractivity contribution in [1.82, 2.24) is 4.57 Å². The molecule has 0 fully saturated rings. The lowest BCUT2D eigenvalue weighted by Gasteiger charge is -2.05. The summed E-state index contributed by atoms with van der Waals surface area (Å²) in [7, 11) is 1.91. The fourth-order valence-corrected chi connectivity index (χ4v) is 4.53. The predicted molar refractivity (Wildman–Crippen MR) is 103 cm³/mol. The molecular formula is C18H17ClN2OS2. The number of benzene rings is 2. The first-order chi connectivity index (χ1) is 11.4. The van der Waals surface area contributed by atoms with Gasteiger partial charge in [0.15, 0.2) is 4.80 Å². The minimum absolute atomic E-state index is 0.227. The minimum atomic E-state index is -0.227. The van der Waals surface area contributed by atoms with Crippen molar-refractivity contribution in [3.8, 4) is 0 Å². The number of thiazole rings is 1. The van der Waals surface area contributed by atoms with Crippen molar-refractivity contribution in [3.05, 3.63) is 57.9 Å². The van der Waals surface area contributed by atoms with Gasteiger partial charge in [0.25, 0.3) is 5.91 Å². The Morgan fingerprint density at radius 1 is 1.25 bits per heavy atom. The van der Waals surface area contributed by atoms with Gasteiger partial charge in [0.2, 0.25) is 0 Å². The van der Waals surface area contributed by atoms with Crippen LogP contribution in [0.25, 0.3) is 10.2 Å². The monoisotopic (exact) mass is 376 g/mol. The van der Waals surface area contributed by atoms with Crippen LogP contribution < -0.4 is 4.80 Å². The standard InChI is InChI=1S/C18H17ClN2OS2/c1-11(2)23-14-6-4-5-12(9-14)17(22)20-18-21(3)15-8-7-13(19)10-16(15)24-18/h4-11H,1-3H3. The lowest BCUT2D eigenvalue weighted by Crippen LogP contribution is -2.13. The molecule has 3 aromatic rings. The maximum Gasteiger partial charge on any atom is 0.279 e. The van der Waals surface area contributed by atoms with Crippen molar-refractivity contribution >= 4 is 50.8 Å². The van der Waals surface area contributed by atoms with E-state index in [0.717, 1.165) is 15.1 Å². The third kappa shape index (κ3) is 3.74. The highest BCUT2D eigenvalue weighted by molar-refractivity contribution is 7.99. The van der Waals surface area contributed by atoms with E-state index in [1.54, 1.807) is 17.8 Å². The molecule has 0 spiro atoms. The molecule has 0 aliphatic rings. The molecule has 0 saturated heterocycles. The van der Waals surface area contributed by atoms with Crippen molar-refractivity contribution in [2.75, 3.05) is 0 Å². The van der Waals surface area contributed by atoms with E-state index in [0.29, 0.717) is 20.6 Å². The van der Waals surface area contributed by atoms with Gasteiger partial charge in [-0.2, -0.15) is 4.99 Å². The molecule has 0 saturated carbocycles. The molecule has 3 rings (SSSR count). The number of nitrogens with zero attached hydrogens (tertiary/aromatic N) is 2. The number of carbonyl (C=O) groups is 1. The highest BCUT2D eigenvalue weighted by Crippen LogP contribution is 2.24. The van der Waals surface area contributed by atoms with Crippen LogP contribution in [0.5, 0.6) is 0 Å². The highest BCUT2D eigenvalue weighted by atomic mass is 35.5. The van der Waals surface area contributed by atoms with Crippen LogP contribution in [-0.4, -0.2) is 15.7 Å². The van der Waals surface area contributed by atoms with E-state index in [2.05, 4.69) is 18.8 Å². The van der Waals surface area contributed by atoms with Crippen LogP contribution in [0.3, 0.4) is 0 Å². The van der Waals surface area contributed by atoms with Crippen molar-refractivity contribution < 1.29 is 4.79 Å². The maximum atomic E-state index is 12.5. The second-order valence-electron chi connectivity index (χ2n) is 5.67. The van der Waals surface area contributed by atoms with Crippen molar-refractivity contribution in [2.45, 2.75) is 24.0 Å². The second kappa shape index (κ2) is 7.13. The number of aromatic nitrogens is 1. The Kier molecular flexibility index (Phi) is 5.13. The molecule has 0 radical (unpaired) electrons. The van der Waals surface area contributed by atoms with Crippen LogP contribution in [0.2, 0.25) is 5.02 Å². The fraction of sp³-hybridized carbons (Fsp3) is 0.222. The summed E-state index contributed by atoms with van der Waals surface area (Å²) in [5.74, 6) is -0.227. The Morgan fingerprint density at radius 3 is 2.79 bits per heavy atom. The zero-order valence-electron chi connectivity index (χ0n) is 13.6. The first kappa shape index (κ1) is 17.3. The van der Waals surface area contributed by atoms with Gasteiger partial charge in [-0.3, -0.25) is 4.79 Å². The third-order valence-corrected chi connectivity index (χ3v) is 5.75. The molecule has 3 nitrogen and oxygen atoms in total. The molecule has 0 aliphatic heterocycles. The van der Waals surface area contributed by atoms with Crippen molar-refractivity contribution in [3.63, 3.8) is 0 Å². The quantitative estimate of drug-likeness (QED) is 0.593. The average Bonchev–Trinajstić information content (AvgIpc) is 2.82. The summed E-state index contributed by atoms with van der Waals surface area (Å²) in [4.78, 5) is 18.6. The fourth-order valence-electron chi connectivity index (χ4n) is 2.34. The van der Waals surface area contributed by atoms with Crippen LogP contribution in [-0.2, 0) is 7.05 Å². The lowest BCUT2D eigenvalue weighted by atomic mass is 10.2. The number of amides is 1. The number of hydrogen-bond donors (Lipinski definition) is 0. The van der Waals surface area contributed by atoms with Crippen LogP contribution in [0.1, 0.15) is 24.2 Å². The number of thioether (sulfide) groups is 1. The number of aryl methyl sites for hydroxylation is 1. The molecule has 0 N–H and O–H groups in total. The Hall–Kier alpha value is -1.56. The Labute approximate surface area is 154 Å². The van der Waals surface area contributed by atoms with E-state index < -0.39 is 0 Å². The largest absolute Gasteiger partial charge is 0.319 e. The molecule has 0 bridgehead atoms. The zero-order valence-corrected chi connectivity index (χ0v) is 16.0. The average molecular weight is 377 g/mol. The van der Waals surface area contributed by atoms with Gasteiger partial charge < -0.3 is 4.57 Å². The van der Waals surface area contributed by atoms with Gasteiger partial charge in [-0.15, -0.1) is 11.8 Å². The summed E-state index contributed by atoms with van der Waals surface area (Å²) < 4.78 is 2.93. The summed E-state index contributed by atoms with van der Waals surface area (Å²) >= 11 is 9.23. The summed E-state index contributed by atoms with van der Waals surface area (Å²) in [5, 5.41) is 1.15. The maximum absolute atomic E-state index is 12.5. The Balaban J connectivity index is 1.99. The molecule has 0 atom stereocenters. The van der Waals surface area contributed by atoms with Crippen LogP contribution in [0, 0.1) is 0 Å². The summed E-state index contributed by atoms with van der Waals surface area (Å²) in [6.45, 7) is 4.26. The van der Waals surface area contributed by atoms with E-state index in [1.807, 2.05) is 48.0 Å². The van der Waals surface area contributed by atoms with Crippen LogP contribution in [0.15, 0.2) is 52.4 Å². The molecule has 0 unspecified atom stereocenters. The zero-order chi connectivity index (χ0) is 17.3. The van der Waals surface area contributed by atoms with Gasteiger partial charge in [0.1, 0.15) is 0 Å². The van der Waals surface area contributed by atoms with Crippen LogP contribution in [0.4, 0.5) is 0 Å². The predicted octanol–water partition coefficient (Wildman–Crippen LogP) is 5.13. The molecule has 0 aliphatic carbocycles. The van der Waals surface area contributed by atoms with Crippen LogP contribution >= 0.6 is 34.7 Å². The molecular weight excluding hydrogens is 360 g/mol. The third-order valence-electron chi connectivity index (χ3n) is 3.42. The summed E-state index contributed by atoms with van der Waals surface area (Å²) in [5.41, 5.74) is 1.62. The normalized spacial score (nSPS) is 12.3.